The first-order chi connectivity index (χ1) is 11.1. The number of likely N-dealkylation sites (N-methyl/N-ethyl adjacent to an activating group) is 1. The first-order valence-corrected chi connectivity index (χ1v) is 7.46. The van der Waals surface area contributed by atoms with Crippen molar-refractivity contribution >= 4 is 0 Å². The van der Waals surface area contributed by atoms with Crippen LogP contribution in [0, 0.1) is 5.82 Å². The van der Waals surface area contributed by atoms with Gasteiger partial charge in [0.05, 0.1) is 13.7 Å². The van der Waals surface area contributed by atoms with Crippen LogP contribution in [0.5, 0.6) is 11.5 Å². The van der Waals surface area contributed by atoms with Gasteiger partial charge < -0.3 is 14.6 Å². The predicted octanol–water partition coefficient (Wildman–Crippen LogP) is 2.84. The molecule has 0 radical (unpaired) electrons. The Hall–Kier alpha value is -2.11. The lowest BCUT2D eigenvalue weighted by Gasteiger charge is -2.17. The number of methoxy groups -OCH3 is 1. The number of nitrogens with zero attached hydrogens (tertiary/aromatic N) is 1. The van der Waals surface area contributed by atoms with E-state index in [2.05, 4.69) is 0 Å². The third-order valence-electron chi connectivity index (χ3n) is 3.47. The van der Waals surface area contributed by atoms with Crippen LogP contribution in [0.15, 0.2) is 42.5 Å². The van der Waals surface area contributed by atoms with Gasteiger partial charge >= 0.3 is 0 Å². The van der Waals surface area contributed by atoms with E-state index in [1.807, 2.05) is 30.1 Å². The fraction of sp³-hybridized carbons (Fsp3) is 0.333. The number of ether oxygens (including phenoxy) is 2. The molecule has 0 aliphatic carbocycles. The maximum absolute atomic E-state index is 12.9. The summed E-state index contributed by atoms with van der Waals surface area (Å²) in [5.74, 6) is 1.04. The van der Waals surface area contributed by atoms with Gasteiger partial charge in [-0.1, -0.05) is 18.2 Å². The molecular weight excluding hydrogens is 297 g/mol. The lowest BCUT2D eigenvalue weighted by molar-refractivity contribution is 0.217. The summed E-state index contributed by atoms with van der Waals surface area (Å²) in [6.45, 7) is 1.81. The van der Waals surface area contributed by atoms with E-state index >= 15 is 0 Å². The molecule has 0 saturated carbocycles. The SMILES string of the molecule is COc1cc(CN(C)CCO)ccc1OCc1ccc(F)cc1. The van der Waals surface area contributed by atoms with Gasteiger partial charge in [-0.25, -0.2) is 4.39 Å². The molecule has 0 spiro atoms. The van der Waals surface area contributed by atoms with Gasteiger partial charge in [0.25, 0.3) is 0 Å². The van der Waals surface area contributed by atoms with Gasteiger partial charge in [-0.15, -0.1) is 0 Å². The summed E-state index contributed by atoms with van der Waals surface area (Å²) in [5.41, 5.74) is 1.96. The van der Waals surface area contributed by atoms with Crippen molar-refractivity contribution in [3.8, 4) is 11.5 Å². The largest absolute Gasteiger partial charge is 0.493 e. The molecule has 0 aliphatic rings. The minimum absolute atomic E-state index is 0.131. The summed E-state index contributed by atoms with van der Waals surface area (Å²) in [6.07, 6.45) is 0. The van der Waals surface area contributed by atoms with Crippen LogP contribution in [0.3, 0.4) is 0 Å². The van der Waals surface area contributed by atoms with Crippen LogP contribution >= 0.6 is 0 Å². The molecule has 0 unspecified atom stereocenters. The number of aliphatic hydroxyl groups is 1. The van der Waals surface area contributed by atoms with Crippen LogP contribution < -0.4 is 9.47 Å². The van der Waals surface area contributed by atoms with E-state index in [0.29, 0.717) is 24.7 Å². The molecule has 0 aliphatic heterocycles. The zero-order valence-corrected chi connectivity index (χ0v) is 13.5. The van der Waals surface area contributed by atoms with E-state index in [4.69, 9.17) is 14.6 Å². The van der Waals surface area contributed by atoms with Crippen molar-refractivity contribution < 1.29 is 19.0 Å². The quantitative estimate of drug-likeness (QED) is 0.812. The normalized spacial score (nSPS) is 10.8. The molecule has 23 heavy (non-hydrogen) atoms. The van der Waals surface area contributed by atoms with E-state index in [1.54, 1.807) is 19.2 Å². The zero-order valence-electron chi connectivity index (χ0n) is 13.5. The number of rotatable bonds is 8. The van der Waals surface area contributed by atoms with E-state index < -0.39 is 0 Å². The topological polar surface area (TPSA) is 41.9 Å². The number of benzene rings is 2. The number of halogens is 1. The summed E-state index contributed by atoms with van der Waals surface area (Å²) in [7, 11) is 3.54. The molecule has 1 N–H and O–H groups in total. The minimum Gasteiger partial charge on any atom is -0.493 e. The Morgan fingerprint density at radius 2 is 1.74 bits per heavy atom. The summed E-state index contributed by atoms with van der Waals surface area (Å²) in [4.78, 5) is 2.02. The molecule has 2 rings (SSSR count). The molecule has 0 aromatic heterocycles. The molecule has 0 saturated heterocycles. The maximum atomic E-state index is 12.9. The lowest BCUT2D eigenvalue weighted by atomic mass is 10.2. The highest BCUT2D eigenvalue weighted by atomic mass is 19.1. The third-order valence-corrected chi connectivity index (χ3v) is 3.47. The fourth-order valence-electron chi connectivity index (χ4n) is 2.23. The van der Waals surface area contributed by atoms with Crippen LogP contribution in [-0.4, -0.2) is 37.3 Å². The molecule has 0 atom stereocenters. The molecular formula is C18H22FNO3. The van der Waals surface area contributed by atoms with Crippen molar-refractivity contribution in [2.45, 2.75) is 13.2 Å². The van der Waals surface area contributed by atoms with Crippen LogP contribution in [0.25, 0.3) is 0 Å². The van der Waals surface area contributed by atoms with E-state index in [9.17, 15) is 4.39 Å². The van der Waals surface area contributed by atoms with Crippen LogP contribution in [0.4, 0.5) is 4.39 Å². The molecule has 2 aromatic carbocycles. The molecule has 4 nitrogen and oxygen atoms in total. The van der Waals surface area contributed by atoms with Gasteiger partial charge in [0.1, 0.15) is 12.4 Å². The third kappa shape index (κ3) is 5.23. The van der Waals surface area contributed by atoms with Gasteiger partial charge in [-0.3, -0.25) is 4.90 Å². The van der Waals surface area contributed by atoms with Crippen molar-refractivity contribution in [2.75, 3.05) is 27.3 Å². The fourth-order valence-corrected chi connectivity index (χ4v) is 2.23. The monoisotopic (exact) mass is 319 g/mol. The lowest BCUT2D eigenvalue weighted by Crippen LogP contribution is -2.21. The van der Waals surface area contributed by atoms with E-state index in [1.165, 1.54) is 12.1 Å². The Labute approximate surface area is 136 Å². The Bertz CT molecular complexity index is 616. The first kappa shape index (κ1) is 17.2. The number of hydrogen-bond acceptors (Lipinski definition) is 4. The van der Waals surface area contributed by atoms with Gasteiger partial charge in [-0.2, -0.15) is 0 Å². The average Bonchev–Trinajstić information content (AvgIpc) is 2.55. The predicted molar refractivity (Wildman–Crippen MR) is 87.1 cm³/mol. The summed E-state index contributed by atoms with van der Waals surface area (Å²) in [5, 5.41) is 8.95. The molecule has 124 valence electrons. The maximum Gasteiger partial charge on any atom is 0.161 e. The van der Waals surface area contributed by atoms with Crippen molar-refractivity contribution in [2.24, 2.45) is 0 Å². The van der Waals surface area contributed by atoms with Crippen molar-refractivity contribution in [1.82, 2.24) is 4.90 Å². The molecule has 0 bridgehead atoms. The van der Waals surface area contributed by atoms with Crippen molar-refractivity contribution in [3.05, 3.63) is 59.4 Å². The Morgan fingerprint density at radius 3 is 2.39 bits per heavy atom. The smallest absolute Gasteiger partial charge is 0.161 e. The summed E-state index contributed by atoms with van der Waals surface area (Å²) in [6, 6.07) is 12.0. The standard InChI is InChI=1S/C18H22FNO3/c1-20(9-10-21)12-15-5-8-17(18(11-15)22-2)23-13-14-3-6-16(19)7-4-14/h3-8,11,21H,9-10,12-13H2,1-2H3. The highest BCUT2D eigenvalue weighted by Crippen LogP contribution is 2.29. The second kappa shape index (κ2) is 8.50. The second-order valence-electron chi connectivity index (χ2n) is 5.36. The van der Waals surface area contributed by atoms with Crippen LogP contribution in [0.1, 0.15) is 11.1 Å². The van der Waals surface area contributed by atoms with Crippen molar-refractivity contribution in [3.63, 3.8) is 0 Å². The molecule has 0 heterocycles. The second-order valence-corrected chi connectivity index (χ2v) is 5.36. The number of aliphatic hydroxyl groups excluding tert-OH is 1. The average molecular weight is 319 g/mol. The first-order valence-electron chi connectivity index (χ1n) is 7.46. The molecule has 2 aromatic rings. The Morgan fingerprint density at radius 1 is 1.04 bits per heavy atom. The van der Waals surface area contributed by atoms with Gasteiger partial charge in [0.2, 0.25) is 0 Å². The van der Waals surface area contributed by atoms with Crippen molar-refractivity contribution in [1.29, 1.82) is 0 Å². The van der Waals surface area contributed by atoms with Gasteiger partial charge in [0.15, 0.2) is 11.5 Å². The number of hydrogen-bond donors (Lipinski definition) is 1. The highest BCUT2D eigenvalue weighted by Gasteiger charge is 2.08. The van der Waals surface area contributed by atoms with Gasteiger partial charge in [-0.05, 0) is 42.4 Å². The molecule has 0 amide bonds. The van der Waals surface area contributed by atoms with Crippen LogP contribution in [-0.2, 0) is 13.2 Å². The minimum atomic E-state index is -0.261. The van der Waals surface area contributed by atoms with E-state index in [0.717, 1.165) is 17.7 Å². The Balaban J connectivity index is 2.02. The highest BCUT2D eigenvalue weighted by molar-refractivity contribution is 5.43. The molecule has 5 heteroatoms. The Kier molecular flexibility index (Phi) is 6.38. The zero-order chi connectivity index (χ0) is 16.7. The van der Waals surface area contributed by atoms with Crippen LogP contribution in [0.2, 0.25) is 0 Å². The summed E-state index contributed by atoms with van der Waals surface area (Å²) >= 11 is 0. The molecule has 0 fully saturated rings. The van der Waals surface area contributed by atoms with E-state index in [-0.39, 0.29) is 12.4 Å². The van der Waals surface area contributed by atoms with Gasteiger partial charge in [0, 0.05) is 13.1 Å². The summed E-state index contributed by atoms with van der Waals surface area (Å²) < 4.78 is 24.0.